The van der Waals surface area contributed by atoms with Gasteiger partial charge in [0.1, 0.15) is 5.82 Å². The highest BCUT2D eigenvalue weighted by atomic mass is 35.5. The third kappa shape index (κ3) is 1.92. The van der Waals surface area contributed by atoms with Gasteiger partial charge in [0.15, 0.2) is 0 Å². The zero-order chi connectivity index (χ0) is 12.9. The normalized spacial score (nSPS) is 24.4. The lowest BCUT2D eigenvalue weighted by Gasteiger charge is -2.10. The molecule has 1 saturated carbocycles. The van der Waals surface area contributed by atoms with Gasteiger partial charge in [-0.1, -0.05) is 24.9 Å². The number of alkyl halides is 1. The van der Waals surface area contributed by atoms with E-state index < -0.39 is 0 Å². The molecular formula is C14H16Cl2N2. The molecule has 18 heavy (non-hydrogen) atoms. The lowest BCUT2D eigenvalue weighted by Crippen LogP contribution is -2.03. The van der Waals surface area contributed by atoms with Crippen LogP contribution in [0.1, 0.15) is 43.9 Å². The number of hydrogen-bond donors (Lipinski definition) is 0. The van der Waals surface area contributed by atoms with Gasteiger partial charge in [-0.05, 0) is 37.5 Å². The van der Waals surface area contributed by atoms with E-state index in [1.54, 1.807) is 0 Å². The molecule has 0 N–H and O–H groups in total. The standard InChI is InChI=1S/C14H16Cl2N2/c1-3-9-6-12(9)18-13-7-10(16)4-5-11(13)17-14(18)8(2)15/h4-5,7-9,12H,3,6H2,1-2H3. The quantitative estimate of drug-likeness (QED) is 0.728. The molecule has 2 aromatic rings. The third-order valence-corrected chi connectivity index (χ3v) is 4.21. The Morgan fingerprint density at radius 3 is 2.89 bits per heavy atom. The van der Waals surface area contributed by atoms with Gasteiger partial charge in [0.2, 0.25) is 0 Å². The topological polar surface area (TPSA) is 17.8 Å². The predicted octanol–water partition coefficient (Wildman–Crippen LogP) is 4.96. The van der Waals surface area contributed by atoms with Crippen molar-refractivity contribution < 1.29 is 0 Å². The first-order chi connectivity index (χ1) is 8.61. The Labute approximate surface area is 117 Å². The summed E-state index contributed by atoms with van der Waals surface area (Å²) in [6.07, 6.45) is 2.44. The molecule has 3 rings (SSSR count). The first-order valence-corrected chi connectivity index (χ1v) is 7.24. The van der Waals surface area contributed by atoms with E-state index in [0.717, 1.165) is 27.8 Å². The minimum absolute atomic E-state index is 0.0747. The highest BCUT2D eigenvalue weighted by Crippen LogP contribution is 2.48. The summed E-state index contributed by atoms with van der Waals surface area (Å²) >= 11 is 12.4. The summed E-state index contributed by atoms with van der Waals surface area (Å²) in [7, 11) is 0. The van der Waals surface area contributed by atoms with Gasteiger partial charge in [0.05, 0.1) is 16.4 Å². The summed E-state index contributed by atoms with van der Waals surface area (Å²) in [5.41, 5.74) is 2.11. The second-order valence-corrected chi connectivity index (χ2v) is 6.15. The fraction of sp³-hybridized carbons (Fsp3) is 0.500. The van der Waals surface area contributed by atoms with Crippen LogP contribution >= 0.6 is 23.2 Å². The number of rotatable bonds is 3. The van der Waals surface area contributed by atoms with Gasteiger partial charge in [-0.3, -0.25) is 0 Å². The Morgan fingerprint density at radius 2 is 2.28 bits per heavy atom. The van der Waals surface area contributed by atoms with E-state index in [1.807, 2.05) is 25.1 Å². The second kappa shape index (κ2) is 4.43. The van der Waals surface area contributed by atoms with Crippen LogP contribution in [-0.4, -0.2) is 9.55 Å². The average molecular weight is 283 g/mol. The molecule has 2 nitrogen and oxygen atoms in total. The molecule has 1 aromatic carbocycles. The Morgan fingerprint density at radius 1 is 1.50 bits per heavy atom. The molecule has 1 fully saturated rings. The summed E-state index contributed by atoms with van der Waals surface area (Å²) in [5.74, 6) is 1.73. The molecular weight excluding hydrogens is 267 g/mol. The summed E-state index contributed by atoms with van der Waals surface area (Å²) in [4.78, 5) is 4.66. The van der Waals surface area contributed by atoms with Crippen molar-refractivity contribution in [1.29, 1.82) is 0 Å². The number of hydrogen-bond acceptors (Lipinski definition) is 1. The van der Waals surface area contributed by atoms with Crippen molar-refractivity contribution in [3.05, 3.63) is 29.0 Å². The maximum atomic E-state index is 6.27. The molecule has 0 amide bonds. The van der Waals surface area contributed by atoms with E-state index in [9.17, 15) is 0 Å². The SMILES string of the molecule is CCC1CC1n1c(C(C)Cl)nc2ccc(Cl)cc21. The van der Waals surface area contributed by atoms with Crippen LogP contribution in [0.2, 0.25) is 5.02 Å². The van der Waals surface area contributed by atoms with Crippen LogP contribution in [0.4, 0.5) is 0 Å². The molecule has 0 aliphatic heterocycles. The number of aromatic nitrogens is 2. The monoisotopic (exact) mass is 282 g/mol. The van der Waals surface area contributed by atoms with Crippen molar-refractivity contribution in [3.63, 3.8) is 0 Å². The van der Waals surface area contributed by atoms with Crippen LogP contribution in [0.5, 0.6) is 0 Å². The predicted molar refractivity (Wildman–Crippen MR) is 76.4 cm³/mol. The number of halogens is 2. The highest BCUT2D eigenvalue weighted by molar-refractivity contribution is 6.31. The summed E-state index contributed by atoms with van der Waals surface area (Å²) < 4.78 is 2.30. The lowest BCUT2D eigenvalue weighted by atomic mass is 10.3. The molecule has 4 heteroatoms. The smallest absolute Gasteiger partial charge is 0.127 e. The molecule has 1 aliphatic carbocycles. The van der Waals surface area contributed by atoms with Gasteiger partial charge in [-0.25, -0.2) is 4.98 Å². The maximum absolute atomic E-state index is 6.27. The number of imidazole rings is 1. The van der Waals surface area contributed by atoms with E-state index in [1.165, 1.54) is 12.8 Å². The molecule has 0 saturated heterocycles. The molecule has 1 aliphatic rings. The van der Waals surface area contributed by atoms with Crippen molar-refractivity contribution in [2.45, 2.75) is 38.1 Å². The number of nitrogens with zero attached hydrogens (tertiary/aromatic N) is 2. The third-order valence-electron chi connectivity index (χ3n) is 3.78. The molecule has 1 heterocycles. The largest absolute Gasteiger partial charge is 0.323 e. The van der Waals surface area contributed by atoms with Crippen LogP contribution in [0, 0.1) is 5.92 Å². The Kier molecular flexibility index (Phi) is 3.03. The summed E-state index contributed by atoms with van der Waals surface area (Å²) in [6.45, 7) is 4.21. The maximum Gasteiger partial charge on any atom is 0.127 e. The molecule has 0 spiro atoms. The zero-order valence-electron chi connectivity index (χ0n) is 10.5. The van der Waals surface area contributed by atoms with Gasteiger partial charge in [-0.15, -0.1) is 11.6 Å². The van der Waals surface area contributed by atoms with Crippen LogP contribution in [0.25, 0.3) is 11.0 Å². The van der Waals surface area contributed by atoms with Crippen molar-refractivity contribution in [1.82, 2.24) is 9.55 Å². The van der Waals surface area contributed by atoms with E-state index >= 15 is 0 Å². The summed E-state index contributed by atoms with van der Waals surface area (Å²) in [6, 6.07) is 6.40. The molecule has 96 valence electrons. The molecule has 3 unspecified atom stereocenters. The Bertz CT molecular complexity index is 589. The van der Waals surface area contributed by atoms with Crippen LogP contribution in [0.3, 0.4) is 0 Å². The minimum atomic E-state index is -0.0747. The lowest BCUT2D eigenvalue weighted by molar-refractivity contribution is 0.624. The fourth-order valence-electron chi connectivity index (χ4n) is 2.70. The van der Waals surface area contributed by atoms with E-state index in [-0.39, 0.29) is 5.38 Å². The van der Waals surface area contributed by atoms with Crippen molar-refractivity contribution in [2.24, 2.45) is 5.92 Å². The first-order valence-electron chi connectivity index (χ1n) is 6.43. The van der Waals surface area contributed by atoms with Gasteiger partial charge >= 0.3 is 0 Å². The molecule has 0 bridgehead atoms. The van der Waals surface area contributed by atoms with Gasteiger partial charge < -0.3 is 4.57 Å². The second-order valence-electron chi connectivity index (χ2n) is 5.06. The van der Waals surface area contributed by atoms with Crippen LogP contribution in [0.15, 0.2) is 18.2 Å². The van der Waals surface area contributed by atoms with E-state index in [4.69, 9.17) is 23.2 Å². The van der Waals surface area contributed by atoms with E-state index in [0.29, 0.717) is 6.04 Å². The van der Waals surface area contributed by atoms with Gasteiger partial charge in [0.25, 0.3) is 0 Å². The van der Waals surface area contributed by atoms with Gasteiger partial charge in [-0.2, -0.15) is 0 Å². The molecule has 1 aromatic heterocycles. The minimum Gasteiger partial charge on any atom is -0.323 e. The van der Waals surface area contributed by atoms with Gasteiger partial charge in [0, 0.05) is 11.1 Å². The van der Waals surface area contributed by atoms with Crippen LogP contribution in [-0.2, 0) is 0 Å². The summed E-state index contributed by atoms with van der Waals surface area (Å²) in [5, 5.41) is 0.681. The highest BCUT2D eigenvalue weighted by Gasteiger charge is 2.39. The molecule has 3 atom stereocenters. The van der Waals surface area contributed by atoms with Crippen molar-refractivity contribution in [3.8, 4) is 0 Å². The molecule has 0 radical (unpaired) electrons. The van der Waals surface area contributed by atoms with E-state index in [2.05, 4.69) is 16.5 Å². The van der Waals surface area contributed by atoms with Crippen molar-refractivity contribution in [2.75, 3.05) is 0 Å². The van der Waals surface area contributed by atoms with Crippen molar-refractivity contribution >= 4 is 34.2 Å². The number of fused-ring (bicyclic) bond motifs is 1. The fourth-order valence-corrected chi connectivity index (χ4v) is 3.02. The Hall–Kier alpha value is -0.730. The first kappa shape index (κ1) is 12.3. The Balaban J connectivity index is 2.18. The zero-order valence-corrected chi connectivity index (χ0v) is 12.0. The number of benzene rings is 1. The van der Waals surface area contributed by atoms with Crippen LogP contribution < -0.4 is 0 Å². The average Bonchev–Trinajstić information content (AvgIpc) is 3.01.